The molecule has 0 saturated heterocycles. The number of nitrogens with one attached hydrogen (secondary N) is 1. The van der Waals surface area contributed by atoms with E-state index in [0.29, 0.717) is 17.1 Å². The molecule has 3 N–H and O–H groups in total. The van der Waals surface area contributed by atoms with E-state index in [1.165, 1.54) is 18.6 Å². The molecule has 1 heterocycles. The van der Waals surface area contributed by atoms with Crippen molar-refractivity contribution >= 4 is 33.6 Å². The van der Waals surface area contributed by atoms with E-state index in [-0.39, 0.29) is 10.6 Å². The van der Waals surface area contributed by atoms with Gasteiger partial charge in [0.25, 0.3) is 5.91 Å². The number of carbonyl (C=O) groups excluding carboxylic acids is 1. The molecule has 2 aromatic rings. The van der Waals surface area contributed by atoms with Gasteiger partial charge in [0.1, 0.15) is 5.75 Å². The summed E-state index contributed by atoms with van der Waals surface area (Å²) >= 11 is 0.901. The molecule has 2 rings (SSSR count). The molecule has 0 atom stereocenters. The molecule has 1 amide bonds. The highest BCUT2D eigenvalue weighted by atomic mass is 32.1. The predicted molar refractivity (Wildman–Crippen MR) is 76.3 cm³/mol. The number of benzene rings is 1. The zero-order valence-electron chi connectivity index (χ0n) is 10.5. The van der Waals surface area contributed by atoms with Gasteiger partial charge >= 0.3 is 5.00 Å². The number of thiophene rings is 1. The molecule has 1 aromatic heterocycles. The lowest BCUT2D eigenvalue weighted by Gasteiger charge is -2.08. The normalized spacial score (nSPS) is 10.1. The van der Waals surface area contributed by atoms with Crippen molar-refractivity contribution in [3.05, 3.63) is 45.3 Å². The second-order valence-electron chi connectivity index (χ2n) is 3.84. The fourth-order valence-electron chi connectivity index (χ4n) is 1.56. The molecule has 0 aliphatic rings. The number of ether oxygens (including phenoxy) is 1. The first-order chi connectivity index (χ1) is 9.51. The number of rotatable bonds is 4. The molecule has 0 unspecified atom stereocenters. The van der Waals surface area contributed by atoms with E-state index in [1.54, 1.807) is 18.2 Å². The molecule has 104 valence electrons. The Kier molecular flexibility index (Phi) is 3.85. The van der Waals surface area contributed by atoms with Gasteiger partial charge in [0.2, 0.25) is 0 Å². The zero-order chi connectivity index (χ0) is 14.7. The fourth-order valence-corrected chi connectivity index (χ4v) is 2.26. The van der Waals surface area contributed by atoms with Gasteiger partial charge in [-0.3, -0.25) is 14.9 Å². The quantitative estimate of drug-likeness (QED) is 0.511. The number of nitro groups is 1. The summed E-state index contributed by atoms with van der Waals surface area (Å²) in [6.45, 7) is 0. The van der Waals surface area contributed by atoms with Gasteiger partial charge in [0.15, 0.2) is 0 Å². The van der Waals surface area contributed by atoms with Crippen LogP contribution in [0.5, 0.6) is 5.75 Å². The van der Waals surface area contributed by atoms with Crippen molar-refractivity contribution in [3.8, 4) is 5.75 Å². The summed E-state index contributed by atoms with van der Waals surface area (Å²) in [5.74, 6) is 0.0769. The maximum Gasteiger partial charge on any atom is 0.324 e. The highest BCUT2D eigenvalue weighted by Gasteiger charge is 2.15. The third-order valence-electron chi connectivity index (χ3n) is 2.52. The Labute approximate surface area is 118 Å². The van der Waals surface area contributed by atoms with Crippen molar-refractivity contribution in [1.29, 1.82) is 0 Å². The van der Waals surface area contributed by atoms with Crippen LogP contribution in [-0.2, 0) is 0 Å². The molecular weight excluding hydrogens is 282 g/mol. The minimum atomic E-state index is -0.535. The van der Waals surface area contributed by atoms with Crippen LogP contribution in [0.3, 0.4) is 0 Å². The number of hydrogen-bond donors (Lipinski definition) is 2. The van der Waals surface area contributed by atoms with Crippen molar-refractivity contribution in [2.24, 2.45) is 0 Å². The number of carbonyl (C=O) groups is 1. The van der Waals surface area contributed by atoms with Gasteiger partial charge in [-0.1, -0.05) is 11.3 Å². The summed E-state index contributed by atoms with van der Waals surface area (Å²) < 4.78 is 5.01. The average molecular weight is 293 g/mol. The summed E-state index contributed by atoms with van der Waals surface area (Å²) in [6.07, 6.45) is 0. The molecule has 0 aliphatic heterocycles. The first kappa shape index (κ1) is 13.8. The summed E-state index contributed by atoms with van der Waals surface area (Å²) in [6, 6.07) is 6.04. The lowest BCUT2D eigenvalue weighted by molar-refractivity contribution is -0.380. The Hall–Kier alpha value is -2.61. The maximum atomic E-state index is 11.9. The molecule has 0 spiro atoms. The molecule has 0 bridgehead atoms. The molecule has 0 aliphatic carbocycles. The molecule has 7 nitrogen and oxygen atoms in total. The van der Waals surface area contributed by atoms with Crippen molar-refractivity contribution in [2.45, 2.75) is 0 Å². The first-order valence-corrected chi connectivity index (χ1v) is 6.37. The smallest absolute Gasteiger partial charge is 0.324 e. The standard InChI is InChI=1S/C12H11N3O4S/c1-19-10-3-2-8(5-9(10)13)14-12(16)7-4-11(15(17)18)20-6-7/h2-6H,13H2,1H3,(H,14,16). The number of amides is 1. The average Bonchev–Trinajstić information content (AvgIpc) is 2.88. The number of nitrogen functional groups attached to an aromatic ring is 1. The number of nitrogens with two attached hydrogens (primary N) is 1. The van der Waals surface area contributed by atoms with Crippen molar-refractivity contribution < 1.29 is 14.5 Å². The maximum absolute atomic E-state index is 11.9. The van der Waals surface area contributed by atoms with Crippen molar-refractivity contribution in [1.82, 2.24) is 0 Å². The van der Waals surface area contributed by atoms with E-state index >= 15 is 0 Å². The summed E-state index contributed by atoms with van der Waals surface area (Å²) in [5, 5.41) is 14.5. The fraction of sp³-hybridized carbons (Fsp3) is 0.0833. The van der Waals surface area contributed by atoms with Crippen LogP contribution < -0.4 is 15.8 Å². The molecule has 0 fully saturated rings. The summed E-state index contributed by atoms with van der Waals surface area (Å²) in [7, 11) is 1.49. The van der Waals surface area contributed by atoms with Gasteiger partial charge < -0.3 is 15.8 Å². The highest BCUT2D eigenvalue weighted by Crippen LogP contribution is 2.26. The lowest BCUT2D eigenvalue weighted by atomic mass is 10.2. The van der Waals surface area contributed by atoms with Crippen LogP contribution in [0.4, 0.5) is 16.4 Å². The van der Waals surface area contributed by atoms with Gasteiger partial charge in [0, 0.05) is 17.1 Å². The van der Waals surface area contributed by atoms with Crippen LogP contribution >= 0.6 is 11.3 Å². The Bertz CT molecular complexity index is 668. The third kappa shape index (κ3) is 2.86. The minimum absolute atomic E-state index is 0.0793. The predicted octanol–water partition coefficient (Wildman–Crippen LogP) is 2.50. The Morgan fingerprint density at radius 2 is 2.20 bits per heavy atom. The second-order valence-corrected chi connectivity index (χ2v) is 4.73. The molecule has 20 heavy (non-hydrogen) atoms. The van der Waals surface area contributed by atoms with Crippen molar-refractivity contribution in [2.75, 3.05) is 18.2 Å². The Morgan fingerprint density at radius 1 is 1.45 bits per heavy atom. The summed E-state index contributed by atoms with van der Waals surface area (Å²) in [5.41, 5.74) is 6.84. The minimum Gasteiger partial charge on any atom is -0.495 e. The second kappa shape index (κ2) is 5.57. The van der Waals surface area contributed by atoms with E-state index in [2.05, 4.69) is 5.32 Å². The first-order valence-electron chi connectivity index (χ1n) is 5.49. The van der Waals surface area contributed by atoms with E-state index in [9.17, 15) is 14.9 Å². The van der Waals surface area contributed by atoms with Gasteiger partial charge in [-0.2, -0.15) is 0 Å². The Balaban J connectivity index is 2.14. The van der Waals surface area contributed by atoms with E-state index < -0.39 is 10.8 Å². The van der Waals surface area contributed by atoms with Crippen LogP contribution in [0, 0.1) is 10.1 Å². The largest absolute Gasteiger partial charge is 0.495 e. The van der Waals surface area contributed by atoms with Crippen LogP contribution in [0.1, 0.15) is 10.4 Å². The van der Waals surface area contributed by atoms with E-state index in [1.807, 2.05) is 0 Å². The van der Waals surface area contributed by atoms with Gasteiger partial charge in [-0.25, -0.2) is 0 Å². The Morgan fingerprint density at radius 3 is 2.75 bits per heavy atom. The number of methoxy groups -OCH3 is 1. The summed E-state index contributed by atoms with van der Waals surface area (Å²) in [4.78, 5) is 21.9. The van der Waals surface area contributed by atoms with Crippen LogP contribution in [-0.4, -0.2) is 17.9 Å². The molecule has 8 heteroatoms. The number of hydrogen-bond acceptors (Lipinski definition) is 6. The number of anilines is 2. The molecule has 1 aromatic carbocycles. The van der Waals surface area contributed by atoms with E-state index in [0.717, 1.165) is 11.3 Å². The van der Waals surface area contributed by atoms with Gasteiger partial charge in [-0.15, -0.1) is 0 Å². The van der Waals surface area contributed by atoms with Gasteiger partial charge in [-0.05, 0) is 18.2 Å². The SMILES string of the molecule is COc1ccc(NC(=O)c2csc([N+](=O)[O-])c2)cc1N. The molecule has 0 radical (unpaired) electrons. The van der Waals surface area contributed by atoms with Crippen LogP contribution in [0.15, 0.2) is 29.6 Å². The molecular formula is C12H11N3O4S. The van der Waals surface area contributed by atoms with Crippen molar-refractivity contribution in [3.63, 3.8) is 0 Å². The molecule has 0 saturated carbocycles. The van der Waals surface area contributed by atoms with E-state index in [4.69, 9.17) is 10.5 Å². The zero-order valence-corrected chi connectivity index (χ0v) is 11.3. The monoisotopic (exact) mass is 293 g/mol. The topological polar surface area (TPSA) is 107 Å². The van der Waals surface area contributed by atoms with Crippen LogP contribution in [0.25, 0.3) is 0 Å². The number of nitrogens with zero attached hydrogens (tertiary/aromatic N) is 1. The third-order valence-corrected chi connectivity index (χ3v) is 3.40. The van der Waals surface area contributed by atoms with Gasteiger partial charge in [0.05, 0.1) is 23.3 Å². The lowest BCUT2D eigenvalue weighted by Crippen LogP contribution is -2.11. The van der Waals surface area contributed by atoms with Crippen LogP contribution in [0.2, 0.25) is 0 Å². The highest BCUT2D eigenvalue weighted by molar-refractivity contribution is 7.13.